The number of carbonyl (C=O) groups excluding carboxylic acids is 2. The summed E-state index contributed by atoms with van der Waals surface area (Å²) in [6, 6.07) is 7.68. The zero-order valence-electron chi connectivity index (χ0n) is 10.4. The number of nitrogens with one attached hydrogen (secondary N) is 2. The summed E-state index contributed by atoms with van der Waals surface area (Å²) in [5.41, 5.74) is 0.776. The molecule has 0 saturated heterocycles. The molecule has 0 bridgehead atoms. The summed E-state index contributed by atoms with van der Waals surface area (Å²) in [5.74, 6) is -0.604. The fraction of sp³-hybridized carbons (Fsp3) is 0.308. The number of rotatable bonds is 4. The third kappa shape index (κ3) is 3.59. The summed E-state index contributed by atoms with van der Waals surface area (Å²) in [7, 11) is 0. The van der Waals surface area contributed by atoms with Gasteiger partial charge in [-0.15, -0.1) is 0 Å². The highest BCUT2D eigenvalue weighted by atomic mass is 16.2. The number of likely N-dealkylation sites (N-methyl/N-ethyl adjacent to an activating group) is 1. The summed E-state index contributed by atoms with van der Waals surface area (Å²) in [5, 5.41) is 13.9. The molecular weight excluding hydrogens is 230 g/mol. The van der Waals surface area contributed by atoms with E-state index in [1.807, 2.05) is 13.0 Å². The van der Waals surface area contributed by atoms with Crippen molar-refractivity contribution in [3.05, 3.63) is 35.4 Å². The molecule has 1 aromatic rings. The van der Waals surface area contributed by atoms with E-state index in [0.29, 0.717) is 17.7 Å². The number of nitrogens with zero attached hydrogens (tertiary/aromatic N) is 1. The predicted molar refractivity (Wildman–Crippen MR) is 66.8 cm³/mol. The molecule has 5 heteroatoms. The molecule has 0 heterocycles. The molecule has 0 aliphatic heterocycles. The molecule has 1 aromatic carbocycles. The lowest BCUT2D eigenvalue weighted by Gasteiger charge is -2.13. The van der Waals surface area contributed by atoms with Crippen molar-refractivity contribution in [2.24, 2.45) is 0 Å². The average molecular weight is 245 g/mol. The molecule has 18 heavy (non-hydrogen) atoms. The highest BCUT2D eigenvalue weighted by Crippen LogP contribution is 2.04. The van der Waals surface area contributed by atoms with E-state index >= 15 is 0 Å². The van der Waals surface area contributed by atoms with Crippen LogP contribution in [0.5, 0.6) is 0 Å². The Labute approximate surface area is 106 Å². The van der Waals surface area contributed by atoms with Crippen LogP contribution in [0.2, 0.25) is 0 Å². The molecule has 0 aliphatic rings. The van der Waals surface area contributed by atoms with Gasteiger partial charge in [0.25, 0.3) is 5.91 Å². The van der Waals surface area contributed by atoms with Crippen LogP contribution in [0.3, 0.4) is 0 Å². The quantitative estimate of drug-likeness (QED) is 0.823. The van der Waals surface area contributed by atoms with E-state index in [0.717, 1.165) is 0 Å². The van der Waals surface area contributed by atoms with Gasteiger partial charge in [-0.05, 0) is 32.0 Å². The van der Waals surface area contributed by atoms with E-state index in [9.17, 15) is 9.59 Å². The molecule has 0 aromatic heterocycles. The van der Waals surface area contributed by atoms with E-state index in [4.69, 9.17) is 5.26 Å². The van der Waals surface area contributed by atoms with Crippen molar-refractivity contribution < 1.29 is 9.59 Å². The molecule has 2 amide bonds. The van der Waals surface area contributed by atoms with E-state index in [1.165, 1.54) is 6.07 Å². The molecule has 0 aliphatic carbocycles. The Bertz CT molecular complexity index is 491. The number of nitriles is 1. The monoisotopic (exact) mass is 245 g/mol. The van der Waals surface area contributed by atoms with Gasteiger partial charge >= 0.3 is 0 Å². The first-order valence-electron chi connectivity index (χ1n) is 5.67. The molecule has 5 nitrogen and oxygen atoms in total. The zero-order chi connectivity index (χ0) is 13.5. The number of hydrogen-bond acceptors (Lipinski definition) is 3. The Morgan fingerprint density at radius 2 is 2.17 bits per heavy atom. The third-order valence-electron chi connectivity index (χ3n) is 2.35. The van der Waals surface area contributed by atoms with E-state index in [1.54, 1.807) is 25.1 Å². The Balaban J connectivity index is 2.71. The van der Waals surface area contributed by atoms with Crippen molar-refractivity contribution in [2.45, 2.75) is 19.9 Å². The zero-order valence-corrected chi connectivity index (χ0v) is 10.4. The standard InChI is InChI=1S/C13H15N3O2/c1-3-15-12(17)9(2)16-13(18)11-6-4-5-10(7-11)8-14/h4-7,9H,3H2,1-2H3,(H,15,17)(H,16,18). The van der Waals surface area contributed by atoms with E-state index in [2.05, 4.69) is 10.6 Å². The van der Waals surface area contributed by atoms with Crippen LogP contribution >= 0.6 is 0 Å². The lowest BCUT2D eigenvalue weighted by atomic mass is 10.1. The minimum Gasteiger partial charge on any atom is -0.355 e. The fourth-order valence-corrected chi connectivity index (χ4v) is 1.40. The predicted octanol–water partition coefficient (Wildman–Crippen LogP) is 0.813. The Kier molecular flexibility index (Phi) is 4.88. The van der Waals surface area contributed by atoms with Crippen molar-refractivity contribution in [1.82, 2.24) is 10.6 Å². The molecule has 1 atom stereocenters. The summed E-state index contributed by atoms with van der Waals surface area (Å²) >= 11 is 0. The number of hydrogen-bond donors (Lipinski definition) is 2. The minimum absolute atomic E-state index is 0.234. The maximum atomic E-state index is 11.8. The summed E-state index contributed by atoms with van der Waals surface area (Å²) < 4.78 is 0. The van der Waals surface area contributed by atoms with Gasteiger partial charge in [0.05, 0.1) is 11.6 Å². The van der Waals surface area contributed by atoms with Gasteiger partial charge in [-0.2, -0.15) is 5.26 Å². The van der Waals surface area contributed by atoms with Crippen LogP contribution in [0.1, 0.15) is 29.8 Å². The van der Waals surface area contributed by atoms with Gasteiger partial charge in [-0.1, -0.05) is 6.07 Å². The molecular formula is C13H15N3O2. The van der Waals surface area contributed by atoms with Crippen molar-refractivity contribution >= 4 is 11.8 Å². The SMILES string of the molecule is CCNC(=O)C(C)NC(=O)c1cccc(C#N)c1. The highest BCUT2D eigenvalue weighted by Gasteiger charge is 2.15. The van der Waals surface area contributed by atoms with Gasteiger partial charge in [0.2, 0.25) is 5.91 Å². The molecule has 0 saturated carbocycles. The number of carbonyl (C=O) groups is 2. The molecule has 1 rings (SSSR count). The molecule has 0 spiro atoms. The second kappa shape index (κ2) is 6.40. The Hall–Kier alpha value is -2.35. The smallest absolute Gasteiger partial charge is 0.251 e. The average Bonchev–Trinajstić information content (AvgIpc) is 2.39. The molecule has 2 N–H and O–H groups in total. The first kappa shape index (κ1) is 13.7. The van der Waals surface area contributed by atoms with Crippen molar-refractivity contribution in [3.63, 3.8) is 0 Å². The fourth-order valence-electron chi connectivity index (χ4n) is 1.40. The molecule has 0 fully saturated rings. The topological polar surface area (TPSA) is 82.0 Å². The third-order valence-corrected chi connectivity index (χ3v) is 2.35. The molecule has 0 radical (unpaired) electrons. The van der Waals surface area contributed by atoms with E-state index < -0.39 is 6.04 Å². The van der Waals surface area contributed by atoms with Gasteiger partial charge in [-0.25, -0.2) is 0 Å². The summed E-state index contributed by atoms with van der Waals surface area (Å²) in [6.45, 7) is 3.93. The highest BCUT2D eigenvalue weighted by molar-refractivity contribution is 5.97. The van der Waals surface area contributed by atoms with Gasteiger partial charge < -0.3 is 10.6 Å². The summed E-state index contributed by atoms with van der Waals surface area (Å²) in [4.78, 5) is 23.3. The van der Waals surface area contributed by atoms with Gasteiger partial charge in [0.1, 0.15) is 6.04 Å². The van der Waals surface area contributed by atoms with Crippen molar-refractivity contribution in [1.29, 1.82) is 5.26 Å². The number of amides is 2. The Morgan fingerprint density at radius 1 is 1.44 bits per heavy atom. The second-order valence-electron chi connectivity index (χ2n) is 3.78. The minimum atomic E-state index is -0.608. The Morgan fingerprint density at radius 3 is 2.78 bits per heavy atom. The van der Waals surface area contributed by atoms with E-state index in [-0.39, 0.29) is 11.8 Å². The lowest BCUT2D eigenvalue weighted by Crippen LogP contribution is -2.44. The first-order valence-corrected chi connectivity index (χ1v) is 5.67. The maximum Gasteiger partial charge on any atom is 0.251 e. The van der Waals surface area contributed by atoms with Crippen LogP contribution in [0.15, 0.2) is 24.3 Å². The van der Waals surface area contributed by atoms with Crippen LogP contribution in [0, 0.1) is 11.3 Å². The van der Waals surface area contributed by atoms with Crippen LogP contribution in [-0.4, -0.2) is 24.4 Å². The van der Waals surface area contributed by atoms with Crippen LogP contribution in [0.25, 0.3) is 0 Å². The maximum absolute atomic E-state index is 11.8. The largest absolute Gasteiger partial charge is 0.355 e. The van der Waals surface area contributed by atoms with Crippen LogP contribution in [-0.2, 0) is 4.79 Å². The second-order valence-corrected chi connectivity index (χ2v) is 3.78. The normalized spacial score (nSPS) is 11.2. The lowest BCUT2D eigenvalue weighted by molar-refractivity contribution is -0.122. The van der Waals surface area contributed by atoms with Crippen molar-refractivity contribution in [2.75, 3.05) is 6.54 Å². The van der Waals surface area contributed by atoms with Gasteiger partial charge in [0.15, 0.2) is 0 Å². The van der Waals surface area contributed by atoms with Gasteiger partial charge in [-0.3, -0.25) is 9.59 Å². The molecule has 1 unspecified atom stereocenters. The van der Waals surface area contributed by atoms with Gasteiger partial charge in [0, 0.05) is 12.1 Å². The van der Waals surface area contributed by atoms with Crippen LogP contribution < -0.4 is 10.6 Å². The van der Waals surface area contributed by atoms with Crippen LogP contribution in [0.4, 0.5) is 0 Å². The number of benzene rings is 1. The summed E-state index contributed by atoms with van der Waals surface area (Å²) in [6.07, 6.45) is 0. The van der Waals surface area contributed by atoms with Crippen molar-refractivity contribution in [3.8, 4) is 6.07 Å². The first-order chi connectivity index (χ1) is 8.58. The molecule has 94 valence electrons.